The second kappa shape index (κ2) is 7.45. The molecular weight excluding hydrogens is 302 g/mol. The molecule has 2 fully saturated rings. The van der Waals surface area contributed by atoms with Gasteiger partial charge in [-0.15, -0.1) is 0 Å². The lowest BCUT2D eigenvalue weighted by Crippen LogP contribution is -2.64. The molecule has 1 unspecified atom stereocenters. The summed E-state index contributed by atoms with van der Waals surface area (Å²) in [6.45, 7) is -0.777. The third kappa shape index (κ3) is 3.41. The van der Waals surface area contributed by atoms with Crippen molar-refractivity contribution in [3.8, 4) is 0 Å². The zero-order valence-corrected chi connectivity index (χ0v) is 11.8. The highest BCUT2D eigenvalue weighted by Crippen LogP contribution is 2.26. The SMILES string of the molecule is OC[C@H]1CN[C@H](O)[C@@H](OC2O[C@H](CO)[C@H](O)[C@H](O)[C@H]2O)[C@H]1O. The van der Waals surface area contributed by atoms with Crippen LogP contribution in [0.1, 0.15) is 0 Å². The van der Waals surface area contributed by atoms with E-state index in [1.54, 1.807) is 0 Å². The minimum Gasteiger partial charge on any atom is -0.396 e. The summed E-state index contributed by atoms with van der Waals surface area (Å²) in [6, 6.07) is 0. The molecule has 2 aliphatic heterocycles. The molecule has 0 amide bonds. The number of ether oxygens (including phenoxy) is 2. The summed E-state index contributed by atoms with van der Waals surface area (Å²) < 4.78 is 10.5. The van der Waals surface area contributed by atoms with Crippen LogP contribution in [-0.2, 0) is 9.47 Å². The number of nitrogens with one attached hydrogen (secondary N) is 1. The lowest BCUT2D eigenvalue weighted by Gasteiger charge is -2.44. The van der Waals surface area contributed by atoms with Crippen LogP contribution < -0.4 is 5.32 Å². The van der Waals surface area contributed by atoms with Gasteiger partial charge in [-0.25, -0.2) is 0 Å². The fourth-order valence-corrected chi connectivity index (χ4v) is 2.63. The molecule has 0 aromatic carbocycles. The monoisotopic (exact) mass is 325 g/mol. The molecule has 0 spiro atoms. The van der Waals surface area contributed by atoms with Crippen molar-refractivity contribution in [1.82, 2.24) is 5.32 Å². The van der Waals surface area contributed by atoms with Crippen LogP contribution in [-0.4, -0.2) is 105 Å². The van der Waals surface area contributed by atoms with Crippen LogP contribution in [0.2, 0.25) is 0 Å². The van der Waals surface area contributed by atoms with Gasteiger partial charge in [0.05, 0.1) is 12.7 Å². The zero-order chi connectivity index (χ0) is 16.4. The van der Waals surface area contributed by atoms with Gasteiger partial charge in [-0.3, -0.25) is 5.32 Å². The maximum atomic E-state index is 10.1. The molecule has 0 radical (unpaired) electrons. The molecule has 22 heavy (non-hydrogen) atoms. The summed E-state index contributed by atoms with van der Waals surface area (Å²) in [5.41, 5.74) is 0. The Balaban J connectivity index is 2.07. The van der Waals surface area contributed by atoms with Crippen LogP contribution in [0.3, 0.4) is 0 Å². The van der Waals surface area contributed by atoms with Crippen LogP contribution in [0.4, 0.5) is 0 Å². The first-order chi connectivity index (χ1) is 10.4. The van der Waals surface area contributed by atoms with Crippen LogP contribution in [0.5, 0.6) is 0 Å². The van der Waals surface area contributed by atoms with Crippen molar-refractivity contribution in [3.63, 3.8) is 0 Å². The van der Waals surface area contributed by atoms with Crippen molar-refractivity contribution < 1.29 is 45.2 Å². The number of hydrogen-bond donors (Lipinski definition) is 8. The molecule has 0 saturated carbocycles. The van der Waals surface area contributed by atoms with E-state index in [0.29, 0.717) is 0 Å². The molecule has 2 aliphatic rings. The third-order valence-corrected chi connectivity index (χ3v) is 4.09. The van der Waals surface area contributed by atoms with Gasteiger partial charge in [0, 0.05) is 19.1 Å². The average molecular weight is 325 g/mol. The highest BCUT2D eigenvalue weighted by molar-refractivity contribution is 4.92. The fourth-order valence-electron chi connectivity index (χ4n) is 2.63. The molecule has 2 saturated heterocycles. The second-order valence-electron chi connectivity index (χ2n) is 5.58. The third-order valence-electron chi connectivity index (χ3n) is 4.09. The van der Waals surface area contributed by atoms with Crippen LogP contribution in [0.15, 0.2) is 0 Å². The van der Waals surface area contributed by atoms with Gasteiger partial charge in [-0.1, -0.05) is 0 Å². The van der Waals surface area contributed by atoms with Gasteiger partial charge >= 0.3 is 0 Å². The van der Waals surface area contributed by atoms with E-state index in [9.17, 15) is 25.5 Å². The molecule has 2 rings (SSSR count). The summed E-state index contributed by atoms with van der Waals surface area (Å²) in [6.07, 6.45) is -11.1. The summed E-state index contributed by atoms with van der Waals surface area (Å²) in [7, 11) is 0. The highest BCUT2D eigenvalue weighted by atomic mass is 16.7. The average Bonchev–Trinajstić information content (AvgIpc) is 2.51. The molecule has 0 aromatic rings. The Morgan fingerprint density at radius 3 is 2.18 bits per heavy atom. The Hall–Kier alpha value is -0.400. The minimum absolute atomic E-state index is 0.174. The molecule has 10 heteroatoms. The molecular formula is C12H23NO9. The molecule has 9 atom stereocenters. The van der Waals surface area contributed by atoms with Gasteiger partial charge in [0.25, 0.3) is 0 Å². The maximum Gasteiger partial charge on any atom is 0.187 e. The Bertz CT molecular complexity index is 357. The maximum absolute atomic E-state index is 10.1. The zero-order valence-electron chi connectivity index (χ0n) is 11.8. The minimum atomic E-state index is -1.63. The van der Waals surface area contributed by atoms with E-state index in [1.165, 1.54) is 0 Å². The van der Waals surface area contributed by atoms with Gasteiger partial charge < -0.3 is 45.2 Å². The fraction of sp³-hybridized carbons (Fsp3) is 1.00. The summed E-state index contributed by atoms with van der Waals surface area (Å²) >= 11 is 0. The van der Waals surface area contributed by atoms with E-state index in [-0.39, 0.29) is 13.2 Å². The first kappa shape index (κ1) is 17.9. The van der Waals surface area contributed by atoms with E-state index >= 15 is 0 Å². The Kier molecular flexibility index (Phi) is 6.07. The van der Waals surface area contributed by atoms with E-state index < -0.39 is 61.7 Å². The Morgan fingerprint density at radius 1 is 0.909 bits per heavy atom. The summed E-state index contributed by atoms with van der Waals surface area (Å²) in [4.78, 5) is 0. The first-order valence-corrected chi connectivity index (χ1v) is 7.07. The molecule has 8 N–H and O–H groups in total. The van der Waals surface area contributed by atoms with Gasteiger partial charge in [0.2, 0.25) is 0 Å². The number of aliphatic hydroxyl groups is 7. The smallest absolute Gasteiger partial charge is 0.187 e. The number of piperidine rings is 1. The first-order valence-electron chi connectivity index (χ1n) is 7.07. The predicted octanol–water partition coefficient (Wildman–Crippen LogP) is -4.94. The van der Waals surface area contributed by atoms with Crippen molar-refractivity contribution in [3.05, 3.63) is 0 Å². The van der Waals surface area contributed by atoms with Crippen LogP contribution in [0.25, 0.3) is 0 Å². The summed E-state index contributed by atoms with van der Waals surface area (Å²) in [5.74, 6) is -0.585. The van der Waals surface area contributed by atoms with E-state index in [0.717, 1.165) is 0 Å². The highest BCUT2D eigenvalue weighted by Gasteiger charge is 2.47. The van der Waals surface area contributed by atoms with Gasteiger partial charge in [0.1, 0.15) is 36.7 Å². The molecule has 2 heterocycles. The topological polar surface area (TPSA) is 172 Å². The molecule has 10 nitrogen and oxygen atoms in total. The van der Waals surface area contributed by atoms with Crippen molar-refractivity contribution in [2.75, 3.05) is 19.8 Å². The lowest BCUT2D eigenvalue weighted by molar-refractivity contribution is -0.329. The van der Waals surface area contributed by atoms with Crippen molar-refractivity contribution in [1.29, 1.82) is 0 Å². The number of aliphatic hydroxyl groups excluding tert-OH is 7. The predicted molar refractivity (Wildman–Crippen MR) is 69.2 cm³/mol. The van der Waals surface area contributed by atoms with E-state index in [4.69, 9.17) is 19.7 Å². The van der Waals surface area contributed by atoms with Crippen molar-refractivity contribution in [2.45, 2.75) is 49.1 Å². The second-order valence-corrected chi connectivity index (χ2v) is 5.58. The standard InChI is InChI=1S/C12H23NO9/c14-2-4-1-13-11(20)10(6(4)16)22-12-9(19)8(18)7(17)5(3-15)21-12/h4-20H,1-3H2/t4-,5-,6+,7+,8+,9-,10+,11-,12?/m1/s1. The molecule has 0 bridgehead atoms. The number of rotatable bonds is 4. The quantitative estimate of drug-likeness (QED) is 0.250. The van der Waals surface area contributed by atoms with Gasteiger partial charge in [-0.05, 0) is 0 Å². The Morgan fingerprint density at radius 2 is 1.59 bits per heavy atom. The van der Waals surface area contributed by atoms with Crippen molar-refractivity contribution >= 4 is 0 Å². The van der Waals surface area contributed by atoms with E-state index in [2.05, 4.69) is 5.32 Å². The van der Waals surface area contributed by atoms with Gasteiger partial charge in [-0.2, -0.15) is 0 Å². The normalized spacial score (nSPS) is 50.0. The molecule has 0 aliphatic carbocycles. The van der Waals surface area contributed by atoms with Crippen LogP contribution >= 0.6 is 0 Å². The van der Waals surface area contributed by atoms with Gasteiger partial charge in [0.15, 0.2) is 6.29 Å². The largest absolute Gasteiger partial charge is 0.396 e. The molecule has 130 valence electrons. The lowest BCUT2D eigenvalue weighted by atomic mass is 9.93. The summed E-state index contributed by atoms with van der Waals surface area (Å²) in [5, 5.41) is 70.0. The molecule has 0 aromatic heterocycles. The Labute approximate surface area is 126 Å². The van der Waals surface area contributed by atoms with E-state index in [1.807, 2.05) is 0 Å². The van der Waals surface area contributed by atoms with Crippen LogP contribution in [0, 0.1) is 5.92 Å². The number of hydrogen-bond acceptors (Lipinski definition) is 10. The van der Waals surface area contributed by atoms with Crippen molar-refractivity contribution in [2.24, 2.45) is 5.92 Å².